The first-order valence-corrected chi connectivity index (χ1v) is 7.57. The summed E-state index contributed by atoms with van der Waals surface area (Å²) in [7, 11) is 0. The van der Waals surface area contributed by atoms with Gasteiger partial charge in [-0.05, 0) is 17.7 Å². The summed E-state index contributed by atoms with van der Waals surface area (Å²) in [4.78, 5) is 0. The van der Waals surface area contributed by atoms with Crippen molar-refractivity contribution in [1.29, 1.82) is 0 Å². The third kappa shape index (κ3) is 3.73. The third-order valence-corrected chi connectivity index (χ3v) is 4.00. The highest BCUT2D eigenvalue weighted by Crippen LogP contribution is 2.30. The van der Waals surface area contributed by atoms with Crippen molar-refractivity contribution < 1.29 is 13.2 Å². The first kappa shape index (κ1) is 16.7. The minimum atomic E-state index is -4.31. The smallest absolute Gasteiger partial charge is 0.336 e. The van der Waals surface area contributed by atoms with Crippen LogP contribution in [0.3, 0.4) is 0 Å². The van der Waals surface area contributed by atoms with E-state index in [1.54, 1.807) is 0 Å². The van der Waals surface area contributed by atoms with Crippen LogP contribution in [0.5, 0.6) is 0 Å². The van der Waals surface area contributed by atoms with Crippen molar-refractivity contribution in [3.8, 4) is 0 Å². The first-order chi connectivity index (χ1) is 10.1. The molecule has 0 amide bonds. The third-order valence-electron chi connectivity index (χ3n) is 2.98. The van der Waals surface area contributed by atoms with Gasteiger partial charge in [0.1, 0.15) is 0 Å². The fraction of sp³-hybridized carbons (Fsp3) is 0.429. The summed E-state index contributed by atoms with van der Waals surface area (Å²) in [5.41, 5.74) is -0.119. The van der Waals surface area contributed by atoms with E-state index < -0.39 is 11.7 Å². The fourth-order valence-electron chi connectivity index (χ4n) is 1.82. The van der Waals surface area contributed by atoms with Gasteiger partial charge in [-0.3, -0.25) is 0 Å². The Kier molecular flexibility index (Phi) is 4.42. The standard InChI is InChI=1S/C14H17F3N4S/c1-13(2,3)11-19-20-12(21(11)18)22-8-9-4-6-10(7-5-9)14(15,16)17/h4-7H,8,18H2,1-3H3. The Hall–Kier alpha value is -1.70. The van der Waals surface area contributed by atoms with Gasteiger partial charge in [-0.15, -0.1) is 10.2 Å². The van der Waals surface area contributed by atoms with E-state index in [0.717, 1.165) is 17.7 Å². The van der Waals surface area contributed by atoms with Gasteiger partial charge < -0.3 is 5.84 Å². The van der Waals surface area contributed by atoms with Crippen LogP contribution >= 0.6 is 11.8 Å². The van der Waals surface area contributed by atoms with E-state index in [1.165, 1.54) is 28.6 Å². The molecule has 0 radical (unpaired) electrons. The Morgan fingerprint density at radius 3 is 2.14 bits per heavy atom. The topological polar surface area (TPSA) is 56.7 Å². The number of nitrogens with two attached hydrogens (primary N) is 1. The highest BCUT2D eigenvalue weighted by atomic mass is 32.2. The summed E-state index contributed by atoms with van der Waals surface area (Å²) in [6, 6.07) is 5.06. The van der Waals surface area contributed by atoms with Gasteiger partial charge in [0.2, 0.25) is 5.16 Å². The lowest BCUT2D eigenvalue weighted by atomic mass is 9.96. The molecule has 0 atom stereocenters. The Bertz CT molecular complexity index is 642. The lowest BCUT2D eigenvalue weighted by Gasteiger charge is -2.16. The van der Waals surface area contributed by atoms with Crippen molar-refractivity contribution in [3.05, 3.63) is 41.2 Å². The zero-order chi connectivity index (χ0) is 16.5. The molecular formula is C14H17F3N4S. The largest absolute Gasteiger partial charge is 0.416 e. The van der Waals surface area contributed by atoms with Gasteiger partial charge in [0, 0.05) is 11.2 Å². The minimum Gasteiger partial charge on any atom is -0.336 e. The average molecular weight is 330 g/mol. The molecule has 2 rings (SSSR count). The highest BCUT2D eigenvalue weighted by Gasteiger charge is 2.30. The van der Waals surface area contributed by atoms with Crippen molar-refractivity contribution in [2.75, 3.05) is 5.84 Å². The van der Waals surface area contributed by atoms with Gasteiger partial charge in [-0.25, -0.2) is 4.68 Å². The van der Waals surface area contributed by atoms with E-state index in [0.29, 0.717) is 16.7 Å². The molecule has 2 N–H and O–H groups in total. The van der Waals surface area contributed by atoms with Crippen LogP contribution < -0.4 is 5.84 Å². The molecule has 0 unspecified atom stereocenters. The number of thioether (sulfide) groups is 1. The Labute approximate surface area is 130 Å². The molecule has 1 aromatic carbocycles. The van der Waals surface area contributed by atoms with E-state index in [-0.39, 0.29) is 5.41 Å². The van der Waals surface area contributed by atoms with Crippen LogP contribution in [0.2, 0.25) is 0 Å². The highest BCUT2D eigenvalue weighted by molar-refractivity contribution is 7.98. The van der Waals surface area contributed by atoms with Gasteiger partial charge in [0.05, 0.1) is 5.56 Å². The van der Waals surface area contributed by atoms with E-state index in [1.807, 2.05) is 20.8 Å². The summed E-state index contributed by atoms with van der Waals surface area (Å²) >= 11 is 1.33. The summed E-state index contributed by atoms with van der Waals surface area (Å²) in [6.07, 6.45) is -4.31. The molecule has 0 saturated carbocycles. The second kappa shape index (κ2) is 5.83. The van der Waals surface area contributed by atoms with E-state index >= 15 is 0 Å². The van der Waals surface area contributed by atoms with E-state index in [2.05, 4.69) is 10.2 Å². The zero-order valence-corrected chi connectivity index (χ0v) is 13.3. The summed E-state index contributed by atoms with van der Waals surface area (Å²) in [5.74, 6) is 7.08. The molecule has 1 aromatic heterocycles. The van der Waals surface area contributed by atoms with E-state index in [9.17, 15) is 13.2 Å². The number of aromatic nitrogens is 3. The zero-order valence-electron chi connectivity index (χ0n) is 12.5. The van der Waals surface area contributed by atoms with Crippen LogP contribution in [0.4, 0.5) is 13.2 Å². The molecule has 120 valence electrons. The maximum Gasteiger partial charge on any atom is 0.416 e. The van der Waals surface area contributed by atoms with Gasteiger partial charge in [-0.1, -0.05) is 44.7 Å². The van der Waals surface area contributed by atoms with Crippen LogP contribution in [0.25, 0.3) is 0 Å². The van der Waals surface area contributed by atoms with Crippen molar-refractivity contribution in [1.82, 2.24) is 14.9 Å². The Balaban J connectivity index is 2.06. The molecule has 0 aliphatic rings. The van der Waals surface area contributed by atoms with Crippen molar-refractivity contribution >= 4 is 11.8 Å². The Morgan fingerprint density at radius 2 is 1.68 bits per heavy atom. The van der Waals surface area contributed by atoms with Gasteiger partial charge in [0.15, 0.2) is 5.82 Å². The maximum atomic E-state index is 12.5. The van der Waals surface area contributed by atoms with Crippen molar-refractivity contribution in [3.63, 3.8) is 0 Å². The van der Waals surface area contributed by atoms with Gasteiger partial charge >= 0.3 is 6.18 Å². The molecule has 0 fully saturated rings. The van der Waals surface area contributed by atoms with Gasteiger partial charge in [-0.2, -0.15) is 13.2 Å². The minimum absolute atomic E-state index is 0.227. The number of nitrogen functional groups attached to an aromatic ring is 1. The molecule has 22 heavy (non-hydrogen) atoms. The number of halogens is 3. The van der Waals surface area contributed by atoms with Crippen LogP contribution in [0, 0.1) is 0 Å². The van der Waals surface area contributed by atoms with Crippen LogP contribution in [-0.4, -0.2) is 14.9 Å². The van der Waals surface area contributed by atoms with Crippen LogP contribution in [0.1, 0.15) is 37.7 Å². The van der Waals surface area contributed by atoms with Crippen LogP contribution in [-0.2, 0) is 17.3 Å². The predicted octanol–water partition coefficient (Wildman–Crippen LogP) is 3.60. The predicted molar refractivity (Wildman–Crippen MR) is 79.9 cm³/mol. The number of hydrogen-bond donors (Lipinski definition) is 1. The molecule has 1 heterocycles. The summed E-state index contributed by atoms with van der Waals surface area (Å²) < 4.78 is 38.9. The number of nitrogens with zero attached hydrogens (tertiary/aromatic N) is 3. The fourth-order valence-corrected chi connectivity index (χ4v) is 2.64. The number of hydrogen-bond acceptors (Lipinski definition) is 4. The molecule has 0 saturated heterocycles. The van der Waals surface area contributed by atoms with Crippen LogP contribution in [0.15, 0.2) is 29.4 Å². The number of alkyl halides is 3. The molecule has 0 bridgehead atoms. The van der Waals surface area contributed by atoms with Crippen molar-refractivity contribution in [2.45, 2.75) is 43.3 Å². The molecule has 0 aliphatic carbocycles. The SMILES string of the molecule is CC(C)(C)c1nnc(SCc2ccc(C(F)(F)F)cc2)n1N. The Morgan fingerprint density at radius 1 is 1.09 bits per heavy atom. The lowest BCUT2D eigenvalue weighted by molar-refractivity contribution is -0.137. The van der Waals surface area contributed by atoms with Gasteiger partial charge in [0.25, 0.3) is 0 Å². The molecular weight excluding hydrogens is 313 g/mol. The second-order valence-corrected chi connectivity index (χ2v) is 6.85. The second-order valence-electron chi connectivity index (χ2n) is 5.91. The van der Waals surface area contributed by atoms with E-state index in [4.69, 9.17) is 5.84 Å². The normalized spacial score (nSPS) is 12.6. The van der Waals surface area contributed by atoms with Crippen molar-refractivity contribution in [2.24, 2.45) is 0 Å². The summed E-state index contributed by atoms with van der Waals surface area (Å²) in [6.45, 7) is 5.93. The quantitative estimate of drug-likeness (QED) is 0.690. The molecule has 8 heteroatoms. The number of rotatable bonds is 3. The monoisotopic (exact) mass is 330 g/mol. The molecule has 2 aromatic rings. The maximum absolute atomic E-state index is 12.5. The number of benzene rings is 1. The molecule has 0 aliphatic heterocycles. The lowest BCUT2D eigenvalue weighted by Crippen LogP contribution is -2.24. The molecule has 4 nitrogen and oxygen atoms in total. The average Bonchev–Trinajstić information content (AvgIpc) is 2.77. The summed E-state index contributed by atoms with van der Waals surface area (Å²) in [5, 5.41) is 8.62. The molecule has 0 spiro atoms. The first-order valence-electron chi connectivity index (χ1n) is 6.59.